The number of nitrogens with one attached hydrogen (secondary N) is 1. The van der Waals surface area contributed by atoms with Gasteiger partial charge in [-0.25, -0.2) is 4.79 Å². The lowest BCUT2D eigenvalue weighted by molar-refractivity contribution is -0.152. The largest absolute Gasteiger partial charge is 0.459 e. The Labute approximate surface area is 161 Å². The van der Waals surface area contributed by atoms with Crippen LogP contribution in [0, 0.1) is 5.92 Å². The lowest BCUT2D eigenvalue weighted by Crippen LogP contribution is -2.45. The Morgan fingerprint density at radius 2 is 1.61 bits per heavy atom. The van der Waals surface area contributed by atoms with Crippen molar-refractivity contribution in [2.45, 2.75) is 39.1 Å². The van der Waals surface area contributed by atoms with Crippen LogP contribution in [0.4, 0.5) is 13.2 Å². The summed E-state index contributed by atoms with van der Waals surface area (Å²) in [5, 5.41) is 2.61. The highest BCUT2D eigenvalue weighted by molar-refractivity contribution is 5.85. The van der Waals surface area contributed by atoms with Crippen molar-refractivity contribution in [3.05, 3.63) is 71.3 Å². The maximum Gasteiger partial charge on any atom is 0.416 e. The second-order valence-corrected chi connectivity index (χ2v) is 6.71. The van der Waals surface area contributed by atoms with E-state index in [0.29, 0.717) is 0 Å². The molecule has 0 heterocycles. The zero-order chi connectivity index (χ0) is 20.7. The van der Waals surface area contributed by atoms with Crippen molar-refractivity contribution in [1.29, 1.82) is 0 Å². The smallest absolute Gasteiger partial charge is 0.416 e. The van der Waals surface area contributed by atoms with Crippen molar-refractivity contribution < 1.29 is 27.5 Å². The van der Waals surface area contributed by atoms with E-state index in [2.05, 4.69) is 5.32 Å². The van der Waals surface area contributed by atoms with Gasteiger partial charge in [0.25, 0.3) is 0 Å². The molecule has 150 valence electrons. The Morgan fingerprint density at radius 3 is 2.21 bits per heavy atom. The van der Waals surface area contributed by atoms with E-state index in [1.165, 1.54) is 18.2 Å². The van der Waals surface area contributed by atoms with E-state index in [4.69, 9.17) is 4.74 Å². The van der Waals surface area contributed by atoms with Gasteiger partial charge in [0.1, 0.15) is 12.6 Å². The molecule has 2 rings (SSSR count). The van der Waals surface area contributed by atoms with Gasteiger partial charge in [0.2, 0.25) is 5.91 Å². The summed E-state index contributed by atoms with van der Waals surface area (Å²) in [5.74, 6) is -1.42. The molecule has 7 heteroatoms. The average molecular weight is 393 g/mol. The van der Waals surface area contributed by atoms with Crippen molar-refractivity contribution in [1.82, 2.24) is 5.32 Å². The summed E-state index contributed by atoms with van der Waals surface area (Å²) in [4.78, 5) is 24.6. The molecule has 2 aromatic rings. The summed E-state index contributed by atoms with van der Waals surface area (Å²) in [7, 11) is 0. The Hall–Kier alpha value is -2.83. The van der Waals surface area contributed by atoms with Crippen molar-refractivity contribution in [3.63, 3.8) is 0 Å². The fourth-order valence-electron chi connectivity index (χ4n) is 2.66. The Bertz CT molecular complexity index is 804. The minimum Gasteiger partial charge on any atom is -0.459 e. The summed E-state index contributed by atoms with van der Waals surface area (Å²) >= 11 is 0. The van der Waals surface area contributed by atoms with Gasteiger partial charge in [-0.05, 0) is 17.5 Å². The lowest BCUT2D eigenvalue weighted by Gasteiger charge is -2.21. The summed E-state index contributed by atoms with van der Waals surface area (Å²) in [6.45, 7) is 2.92. The number of benzene rings is 2. The van der Waals surface area contributed by atoms with Crippen LogP contribution in [0.15, 0.2) is 54.6 Å². The Balaban J connectivity index is 2.01. The van der Waals surface area contributed by atoms with Gasteiger partial charge < -0.3 is 10.1 Å². The maximum absolute atomic E-state index is 13.0. The molecule has 0 saturated carbocycles. The Kier molecular flexibility index (Phi) is 7.20. The highest BCUT2D eigenvalue weighted by atomic mass is 19.4. The van der Waals surface area contributed by atoms with E-state index in [-0.39, 0.29) is 23.8 Å². The molecule has 0 fully saturated rings. The summed E-state index contributed by atoms with van der Waals surface area (Å²) < 4.78 is 44.2. The molecule has 0 radical (unpaired) electrons. The van der Waals surface area contributed by atoms with Crippen LogP contribution < -0.4 is 5.32 Å². The molecule has 0 spiro atoms. The molecule has 1 N–H and O–H groups in total. The number of esters is 1. The quantitative estimate of drug-likeness (QED) is 0.720. The first-order chi connectivity index (χ1) is 13.2. The van der Waals surface area contributed by atoms with E-state index in [9.17, 15) is 22.8 Å². The molecule has 28 heavy (non-hydrogen) atoms. The van der Waals surface area contributed by atoms with E-state index in [1.54, 1.807) is 38.1 Å². The van der Waals surface area contributed by atoms with Gasteiger partial charge >= 0.3 is 12.1 Å². The molecule has 1 amide bonds. The van der Waals surface area contributed by atoms with Gasteiger partial charge in [-0.2, -0.15) is 13.2 Å². The van der Waals surface area contributed by atoms with Crippen molar-refractivity contribution >= 4 is 11.9 Å². The van der Waals surface area contributed by atoms with Gasteiger partial charge in [-0.1, -0.05) is 62.4 Å². The molecule has 0 aliphatic heterocycles. The predicted molar refractivity (Wildman–Crippen MR) is 98.2 cm³/mol. The highest BCUT2D eigenvalue weighted by Gasteiger charge is 2.33. The average Bonchev–Trinajstić information content (AvgIpc) is 2.64. The molecule has 0 bridgehead atoms. The minimum absolute atomic E-state index is 0.0915. The van der Waals surface area contributed by atoms with Crippen LogP contribution in [0.3, 0.4) is 0 Å². The second-order valence-electron chi connectivity index (χ2n) is 6.71. The number of ether oxygens (including phenoxy) is 1. The van der Waals surface area contributed by atoms with Crippen LogP contribution in [0.2, 0.25) is 0 Å². The van der Waals surface area contributed by atoms with Crippen LogP contribution >= 0.6 is 0 Å². The second kappa shape index (κ2) is 9.39. The molecule has 2 aromatic carbocycles. The first kappa shape index (κ1) is 21.5. The van der Waals surface area contributed by atoms with Crippen LogP contribution in [0.1, 0.15) is 30.5 Å². The Morgan fingerprint density at radius 1 is 1.00 bits per heavy atom. The number of amides is 1. The molecule has 0 aliphatic rings. The van der Waals surface area contributed by atoms with Gasteiger partial charge in [0.15, 0.2) is 0 Å². The normalized spacial score (nSPS) is 12.5. The summed E-state index contributed by atoms with van der Waals surface area (Å²) in [6.07, 6.45) is -4.45. The topological polar surface area (TPSA) is 55.4 Å². The number of carbonyl (C=O) groups excluding carboxylic acids is 2. The van der Waals surface area contributed by atoms with Crippen LogP contribution in [-0.2, 0) is 33.5 Å². The third kappa shape index (κ3) is 6.11. The zero-order valence-corrected chi connectivity index (χ0v) is 15.6. The molecule has 0 aromatic heterocycles. The fraction of sp³-hybridized carbons (Fsp3) is 0.333. The van der Waals surface area contributed by atoms with Crippen molar-refractivity contribution in [2.75, 3.05) is 0 Å². The van der Waals surface area contributed by atoms with E-state index < -0.39 is 30.4 Å². The first-order valence-electron chi connectivity index (χ1n) is 8.83. The van der Waals surface area contributed by atoms with Gasteiger partial charge in [0, 0.05) is 5.56 Å². The molecule has 0 saturated heterocycles. The molecular formula is C21H22F3NO3. The fourth-order valence-corrected chi connectivity index (χ4v) is 2.66. The molecular weight excluding hydrogens is 371 g/mol. The van der Waals surface area contributed by atoms with Crippen LogP contribution in [-0.4, -0.2) is 17.9 Å². The van der Waals surface area contributed by atoms with Crippen molar-refractivity contribution in [2.24, 2.45) is 5.92 Å². The van der Waals surface area contributed by atoms with Gasteiger partial charge in [0.05, 0.1) is 12.0 Å². The van der Waals surface area contributed by atoms with E-state index >= 15 is 0 Å². The number of halogens is 3. The lowest BCUT2D eigenvalue weighted by atomic mass is 10.0. The number of hydrogen-bond acceptors (Lipinski definition) is 3. The standard InChI is InChI=1S/C21H22F3NO3/c1-14(2)19(25-18(26)12-15-8-4-3-5-9-15)20(27)28-13-16-10-6-7-11-17(16)21(22,23)24/h3-11,14,19H,12-13H2,1-2H3,(H,25,26)/t19-/m0/s1. The van der Waals surface area contributed by atoms with Gasteiger partial charge in [-0.15, -0.1) is 0 Å². The van der Waals surface area contributed by atoms with E-state index in [1.807, 2.05) is 6.07 Å². The van der Waals surface area contributed by atoms with Gasteiger partial charge in [-0.3, -0.25) is 4.79 Å². The monoisotopic (exact) mass is 393 g/mol. The maximum atomic E-state index is 13.0. The molecule has 4 nitrogen and oxygen atoms in total. The van der Waals surface area contributed by atoms with Crippen LogP contribution in [0.25, 0.3) is 0 Å². The number of rotatable bonds is 7. The molecule has 0 unspecified atom stereocenters. The first-order valence-corrected chi connectivity index (χ1v) is 8.83. The summed E-state index contributed by atoms with van der Waals surface area (Å²) in [5.41, 5.74) is -0.201. The number of hydrogen-bond donors (Lipinski definition) is 1. The number of alkyl halides is 3. The third-order valence-corrected chi connectivity index (χ3v) is 4.14. The highest BCUT2D eigenvalue weighted by Crippen LogP contribution is 2.32. The van der Waals surface area contributed by atoms with Crippen molar-refractivity contribution in [3.8, 4) is 0 Å². The third-order valence-electron chi connectivity index (χ3n) is 4.14. The summed E-state index contributed by atoms with van der Waals surface area (Å²) in [6, 6.07) is 13.0. The minimum atomic E-state index is -4.54. The number of carbonyl (C=O) groups is 2. The zero-order valence-electron chi connectivity index (χ0n) is 15.6. The SMILES string of the molecule is CC(C)[C@H](NC(=O)Cc1ccccc1)C(=O)OCc1ccccc1C(F)(F)F. The molecule has 1 atom stereocenters. The predicted octanol–water partition coefficient (Wildman–Crippen LogP) is 4.13. The molecule has 0 aliphatic carbocycles. The van der Waals surface area contributed by atoms with E-state index in [0.717, 1.165) is 11.6 Å². The van der Waals surface area contributed by atoms with Crippen LogP contribution in [0.5, 0.6) is 0 Å².